The molecule has 4 rings (SSSR count). The van der Waals surface area contributed by atoms with E-state index in [4.69, 9.17) is 19.7 Å². The van der Waals surface area contributed by atoms with Crippen molar-refractivity contribution in [2.24, 2.45) is 0 Å². The molecule has 0 fully saturated rings. The Morgan fingerprint density at radius 2 is 0.775 bits per heavy atom. The average Bonchev–Trinajstić information content (AvgIpc) is 2.95. The van der Waals surface area contributed by atoms with Crippen LogP contribution in [0.5, 0.6) is 11.5 Å². The van der Waals surface area contributed by atoms with Crippen LogP contribution in [0.1, 0.15) is 52.6 Å². The molecule has 4 aromatic rings. The van der Waals surface area contributed by atoms with Crippen molar-refractivity contribution >= 4 is 23.9 Å². The molecule has 0 bridgehead atoms. The van der Waals surface area contributed by atoms with Crippen LogP contribution in [0.25, 0.3) is 11.1 Å². The van der Waals surface area contributed by atoms with E-state index in [9.17, 15) is 29.4 Å². The van der Waals surface area contributed by atoms with Gasteiger partial charge >= 0.3 is 23.9 Å². The van der Waals surface area contributed by atoms with Gasteiger partial charge in [-0.2, -0.15) is 0 Å². The lowest BCUT2D eigenvalue weighted by molar-refractivity contribution is 0.0651. The van der Waals surface area contributed by atoms with Crippen molar-refractivity contribution in [2.45, 2.75) is 13.2 Å². The fraction of sp³-hybridized carbons (Fsp3) is 0.0667. The summed E-state index contributed by atoms with van der Waals surface area (Å²) in [6.45, 7) is 0.304. The predicted molar refractivity (Wildman–Crippen MR) is 141 cm³/mol. The van der Waals surface area contributed by atoms with E-state index in [2.05, 4.69) is 0 Å². The largest absolute Gasteiger partial charge is 0.489 e. The number of carboxylic acid groups (broad SMARTS) is 4. The number of carboxylic acids is 4. The lowest BCUT2D eigenvalue weighted by atomic mass is 10.0. The van der Waals surface area contributed by atoms with Gasteiger partial charge in [-0.05, 0) is 58.7 Å². The van der Waals surface area contributed by atoms with Gasteiger partial charge < -0.3 is 29.9 Å². The molecule has 4 N–H and O–H groups in total. The van der Waals surface area contributed by atoms with Gasteiger partial charge in [-0.1, -0.05) is 48.5 Å². The standard InChI is InChI=1S/C30H22O10/c31-27(32)23-11-9-21(13-25(23)29(35)36)39-15-17-1-5-19(6-2-17)20-7-3-18(4-8-20)16-40-22-10-12-24(28(33)34)26(14-22)30(37)38/h1-14H,15-16H2,(H,31,32)(H,33,34)(H,35,36)(H,37,38). The molecule has 0 aromatic heterocycles. The van der Waals surface area contributed by atoms with E-state index >= 15 is 0 Å². The molecule has 0 aliphatic rings. The highest BCUT2D eigenvalue weighted by Gasteiger charge is 2.18. The third kappa shape index (κ3) is 6.43. The van der Waals surface area contributed by atoms with E-state index in [0.29, 0.717) is 0 Å². The van der Waals surface area contributed by atoms with Crippen molar-refractivity contribution in [1.82, 2.24) is 0 Å². The summed E-state index contributed by atoms with van der Waals surface area (Å²) in [6, 6.07) is 22.6. The Morgan fingerprint density at radius 3 is 1.07 bits per heavy atom. The molecule has 0 heterocycles. The first-order chi connectivity index (χ1) is 19.1. The monoisotopic (exact) mass is 542 g/mol. The van der Waals surface area contributed by atoms with Crippen LogP contribution >= 0.6 is 0 Å². The minimum absolute atomic E-state index is 0.152. The van der Waals surface area contributed by atoms with Crippen LogP contribution in [0.4, 0.5) is 0 Å². The van der Waals surface area contributed by atoms with Crippen LogP contribution in [0.3, 0.4) is 0 Å². The first kappa shape index (κ1) is 27.4. The van der Waals surface area contributed by atoms with Crippen molar-refractivity contribution in [3.63, 3.8) is 0 Å². The Morgan fingerprint density at radius 1 is 0.450 bits per heavy atom. The van der Waals surface area contributed by atoms with E-state index < -0.39 is 23.9 Å². The fourth-order valence-corrected chi connectivity index (χ4v) is 3.87. The maximum absolute atomic E-state index is 11.4. The molecule has 0 aliphatic carbocycles. The van der Waals surface area contributed by atoms with E-state index in [-0.39, 0.29) is 47.0 Å². The quantitative estimate of drug-likeness (QED) is 0.195. The minimum atomic E-state index is -1.36. The first-order valence-electron chi connectivity index (χ1n) is 11.8. The molecule has 0 amide bonds. The highest BCUT2D eigenvalue weighted by molar-refractivity contribution is 6.02. The zero-order valence-electron chi connectivity index (χ0n) is 20.7. The lowest BCUT2D eigenvalue weighted by Crippen LogP contribution is -2.08. The molecule has 0 saturated heterocycles. The zero-order valence-corrected chi connectivity index (χ0v) is 20.7. The Kier molecular flexibility index (Phi) is 8.10. The summed E-state index contributed by atoms with van der Waals surface area (Å²) in [4.78, 5) is 45.1. The maximum Gasteiger partial charge on any atom is 0.336 e. The maximum atomic E-state index is 11.4. The second kappa shape index (κ2) is 11.8. The molecule has 0 atom stereocenters. The molecular weight excluding hydrogens is 520 g/mol. The van der Waals surface area contributed by atoms with Gasteiger partial charge in [0.05, 0.1) is 22.3 Å². The van der Waals surface area contributed by atoms with E-state index in [1.807, 2.05) is 48.5 Å². The van der Waals surface area contributed by atoms with Gasteiger partial charge in [0, 0.05) is 0 Å². The SMILES string of the molecule is O=C(O)c1ccc(OCc2ccc(-c3ccc(COc4ccc(C(=O)O)c(C(=O)O)c4)cc3)cc2)cc1C(=O)O. The molecule has 10 nitrogen and oxygen atoms in total. The molecule has 0 spiro atoms. The predicted octanol–water partition coefficient (Wildman–Crippen LogP) is 5.30. The number of hydrogen-bond donors (Lipinski definition) is 4. The highest BCUT2D eigenvalue weighted by atomic mass is 16.5. The van der Waals surface area contributed by atoms with Crippen molar-refractivity contribution in [1.29, 1.82) is 0 Å². The normalized spacial score (nSPS) is 10.5. The van der Waals surface area contributed by atoms with Crippen molar-refractivity contribution in [2.75, 3.05) is 0 Å². The Hall–Kier alpha value is -5.64. The molecule has 40 heavy (non-hydrogen) atoms. The molecule has 10 heteroatoms. The van der Waals surface area contributed by atoms with Crippen molar-refractivity contribution < 1.29 is 49.1 Å². The number of ether oxygens (including phenoxy) is 2. The molecule has 0 unspecified atom stereocenters. The number of rotatable bonds is 11. The van der Waals surface area contributed by atoms with Crippen LogP contribution < -0.4 is 9.47 Å². The van der Waals surface area contributed by atoms with Gasteiger partial charge in [0.1, 0.15) is 24.7 Å². The Labute approximate surface area is 227 Å². The lowest BCUT2D eigenvalue weighted by Gasteiger charge is -2.10. The summed E-state index contributed by atoms with van der Waals surface area (Å²) >= 11 is 0. The van der Waals surface area contributed by atoms with Gasteiger partial charge in [0.25, 0.3) is 0 Å². The molecular formula is C30H22O10. The van der Waals surface area contributed by atoms with Crippen molar-refractivity contribution in [3.8, 4) is 22.6 Å². The van der Waals surface area contributed by atoms with Crippen molar-refractivity contribution in [3.05, 3.63) is 118 Å². The Bertz CT molecular complexity index is 1470. The van der Waals surface area contributed by atoms with Crippen LogP contribution in [0, 0.1) is 0 Å². The zero-order chi connectivity index (χ0) is 28.8. The summed E-state index contributed by atoms with van der Waals surface area (Å²) in [7, 11) is 0. The highest BCUT2D eigenvalue weighted by Crippen LogP contribution is 2.24. The summed E-state index contributed by atoms with van der Waals surface area (Å²) in [5.41, 5.74) is 2.18. The van der Waals surface area contributed by atoms with E-state index in [0.717, 1.165) is 22.3 Å². The average molecular weight is 542 g/mol. The van der Waals surface area contributed by atoms with Gasteiger partial charge in [0.15, 0.2) is 0 Å². The molecule has 0 aliphatic heterocycles. The number of carbonyl (C=O) groups is 4. The Balaban J connectivity index is 1.36. The van der Waals surface area contributed by atoms with E-state index in [1.54, 1.807) is 0 Å². The molecule has 4 aromatic carbocycles. The summed E-state index contributed by atoms with van der Waals surface area (Å²) < 4.78 is 11.3. The summed E-state index contributed by atoms with van der Waals surface area (Å²) in [6.07, 6.45) is 0. The second-order valence-electron chi connectivity index (χ2n) is 8.61. The fourth-order valence-electron chi connectivity index (χ4n) is 3.87. The van der Waals surface area contributed by atoms with Crippen LogP contribution in [0.2, 0.25) is 0 Å². The molecule has 0 radical (unpaired) electrons. The smallest absolute Gasteiger partial charge is 0.336 e. The van der Waals surface area contributed by atoms with Crippen LogP contribution in [0.15, 0.2) is 84.9 Å². The third-order valence-corrected chi connectivity index (χ3v) is 5.96. The topological polar surface area (TPSA) is 168 Å². The van der Waals surface area contributed by atoms with Gasteiger partial charge in [-0.25, -0.2) is 19.2 Å². The number of hydrogen-bond acceptors (Lipinski definition) is 6. The van der Waals surface area contributed by atoms with Gasteiger partial charge in [0.2, 0.25) is 0 Å². The molecule has 0 saturated carbocycles. The minimum Gasteiger partial charge on any atom is -0.489 e. The number of aromatic carboxylic acids is 4. The number of benzene rings is 4. The van der Waals surface area contributed by atoms with Crippen LogP contribution in [-0.2, 0) is 13.2 Å². The molecule has 202 valence electrons. The van der Waals surface area contributed by atoms with E-state index in [1.165, 1.54) is 36.4 Å². The summed E-state index contributed by atoms with van der Waals surface area (Å²) in [5.74, 6) is -4.90. The third-order valence-electron chi connectivity index (χ3n) is 5.96. The summed E-state index contributed by atoms with van der Waals surface area (Å²) in [5, 5.41) is 36.8. The van der Waals surface area contributed by atoms with Gasteiger partial charge in [-0.3, -0.25) is 0 Å². The van der Waals surface area contributed by atoms with Crippen LogP contribution in [-0.4, -0.2) is 44.3 Å². The first-order valence-corrected chi connectivity index (χ1v) is 11.8. The second-order valence-corrected chi connectivity index (χ2v) is 8.61. The van der Waals surface area contributed by atoms with Gasteiger partial charge in [-0.15, -0.1) is 0 Å².